The molecule has 0 spiro atoms. The number of aliphatic hydroxyl groups excluding tert-OH is 1. The second-order valence-electron chi connectivity index (χ2n) is 4.18. The van der Waals surface area contributed by atoms with Crippen LogP contribution in [-0.2, 0) is 4.79 Å². The van der Waals surface area contributed by atoms with Gasteiger partial charge in [-0.25, -0.2) is 0 Å². The number of nitrogens with zero attached hydrogens (tertiary/aromatic N) is 1. The van der Waals surface area contributed by atoms with Gasteiger partial charge >= 0.3 is 0 Å². The van der Waals surface area contributed by atoms with Crippen LogP contribution in [0.25, 0.3) is 0 Å². The Balaban J connectivity index is 3.78. The molecule has 0 heterocycles. The van der Waals surface area contributed by atoms with Crippen LogP contribution in [0, 0.1) is 5.92 Å². The molecule has 0 aliphatic carbocycles. The largest absolute Gasteiger partial charge is 0.395 e. The molecule has 0 rings (SSSR count). The fourth-order valence-electron chi connectivity index (χ4n) is 1.18. The van der Waals surface area contributed by atoms with Crippen LogP contribution >= 0.6 is 0 Å². The summed E-state index contributed by atoms with van der Waals surface area (Å²) in [4.78, 5) is 12.8. The number of aliphatic hydroxyl groups is 1. The number of carbonyl (C=O) groups excluding carboxylic acids is 1. The van der Waals surface area contributed by atoms with E-state index in [1.165, 1.54) is 4.90 Å². The lowest BCUT2D eigenvalue weighted by Crippen LogP contribution is -2.41. The van der Waals surface area contributed by atoms with Gasteiger partial charge in [0.05, 0.1) is 13.2 Å². The third-order valence-corrected chi connectivity index (χ3v) is 2.02. The standard InChI is InChI=1S/C10H22N2O2/c1-8(2)5-9(7-13)11-6-10(14)12(3)4/h8-9,11,13H,5-7H2,1-4H3. The Morgan fingerprint density at radius 2 is 2.00 bits per heavy atom. The highest BCUT2D eigenvalue weighted by Gasteiger charge is 2.11. The first-order valence-corrected chi connectivity index (χ1v) is 5.01. The lowest BCUT2D eigenvalue weighted by atomic mass is 10.0. The van der Waals surface area contributed by atoms with Gasteiger partial charge < -0.3 is 15.3 Å². The summed E-state index contributed by atoms with van der Waals surface area (Å²) in [6.45, 7) is 4.57. The molecular weight excluding hydrogens is 180 g/mol. The van der Waals surface area contributed by atoms with E-state index in [1.54, 1.807) is 14.1 Å². The topological polar surface area (TPSA) is 52.6 Å². The Morgan fingerprint density at radius 3 is 2.36 bits per heavy atom. The minimum atomic E-state index is 0.0268. The minimum absolute atomic E-state index is 0.0268. The lowest BCUT2D eigenvalue weighted by molar-refractivity contribution is -0.127. The van der Waals surface area contributed by atoms with Crippen LogP contribution in [0.3, 0.4) is 0 Å². The van der Waals surface area contributed by atoms with Crippen molar-refractivity contribution in [1.29, 1.82) is 0 Å². The molecule has 0 radical (unpaired) electrons. The predicted molar refractivity (Wildman–Crippen MR) is 57.0 cm³/mol. The normalized spacial score (nSPS) is 13.0. The molecule has 0 aliphatic heterocycles. The van der Waals surface area contributed by atoms with Gasteiger partial charge in [0.15, 0.2) is 0 Å². The zero-order valence-corrected chi connectivity index (χ0v) is 9.58. The molecule has 4 nitrogen and oxygen atoms in total. The van der Waals surface area contributed by atoms with Gasteiger partial charge in [0, 0.05) is 20.1 Å². The number of rotatable bonds is 6. The van der Waals surface area contributed by atoms with Crippen LogP contribution in [0.2, 0.25) is 0 Å². The van der Waals surface area contributed by atoms with Gasteiger partial charge in [-0.1, -0.05) is 13.8 Å². The zero-order valence-electron chi connectivity index (χ0n) is 9.58. The number of carbonyl (C=O) groups is 1. The van der Waals surface area contributed by atoms with E-state index < -0.39 is 0 Å². The molecule has 1 unspecified atom stereocenters. The Kier molecular flexibility index (Phi) is 6.49. The van der Waals surface area contributed by atoms with Crippen LogP contribution in [-0.4, -0.2) is 49.2 Å². The molecule has 0 aromatic rings. The van der Waals surface area contributed by atoms with E-state index in [0.29, 0.717) is 12.5 Å². The van der Waals surface area contributed by atoms with Crippen molar-refractivity contribution in [3.63, 3.8) is 0 Å². The number of nitrogens with one attached hydrogen (secondary N) is 1. The number of likely N-dealkylation sites (N-methyl/N-ethyl adjacent to an activating group) is 1. The molecule has 4 heteroatoms. The summed E-state index contributed by atoms with van der Waals surface area (Å²) < 4.78 is 0. The first-order valence-electron chi connectivity index (χ1n) is 5.01. The predicted octanol–water partition coefficient (Wildman–Crippen LogP) is 0.0712. The molecule has 14 heavy (non-hydrogen) atoms. The van der Waals surface area contributed by atoms with Crippen molar-refractivity contribution in [3.8, 4) is 0 Å². The van der Waals surface area contributed by atoms with E-state index in [-0.39, 0.29) is 18.6 Å². The Morgan fingerprint density at radius 1 is 1.43 bits per heavy atom. The van der Waals surface area contributed by atoms with E-state index in [0.717, 1.165) is 6.42 Å². The summed E-state index contributed by atoms with van der Waals surface area (Å²) in [5.74, 6) is 0.557. The quantitative estimate of drug-likeness (QED) is 0.641. The zero-order chi connectivity index (χ0) is 11.1. The summed E-state index contributed by atoms with van der Waals surface area (Å²) in [5, 5.41) is 12.1. The molecule has 0 aliphatic rings. The van der Waals surface area contributed by atoms with Gasteiger partial charge in [0.2, 0.25) is 5.91 Å². The van der Waals surface area contributed by atoms with Gasteiger partial charge in [0.1, 0.15) is 0 Å². The molecule has 84 valence electrons. The van der Waals surface area contributed by atoms with Crippen molar-refractivity contribution in [2.24, 2.45) is 5.92 Å². The molecular formula is C10H22N2O2. The first-order chi connectivity index (χ1) is 6.47. The monoisotopic (exact) mass is 202 g/mol. The third-order valence-electron chi connectivity index (χ3n) is 2.02. The molecule has 0 saturated heterocycles. The maximum atomic E-state index is 11.2. The second-order valence-corrected chi connectivity index (χ2v) is 4.18. The highest BCUT2D eigenvalue weighted by atomic mass is 16.3. The van der Waals surface area contributed by atoms with Crippen molar-refractivity contribution in [3.05, 3.63) is 0 Å². The molecule has 0 fully saturated rings. The highest BCUT2D eigenvalue weighted by Crippen LogP contribution is 2.03. The molecule has 0 saturated carbocycles. The van der Waals surface area contributed by atoms with Crippen LogP contribution < -0.4 is 5.32 Å². The maximum absolute atomic E-state index is 11.2. The number of amides is 1. The Bertz CT molecular complexity index is 170. The Hall–Kier alpha value is -0.610. The van der Waals surface area contributed by atoms with E-state index >= 15 is 0 Å². The molecule has 1 amide bonds. The van der Waals surface area contributed by atoms with Gasteiger partial charge in [-0.05, 0) is 12.3 Å². The summed E-state index contributed by atoms with van der Waals surface area (Å²) in [6.07, 6.45) is 0.886. The molecule has 0 aromatic heterocycles. The van der Waals surface area contributed by atoms with Gasteiger partial charge in [0.25, 0.3) is 0 Å². The summed E-state index contributed by atoms with van der Waals surface area (Å²) >= 11 is 0. The minimum Gasteiger partial charge on any atom is -0.395 e. The number of hydrogen-bond acceptors (Lipinski definition) is 3. The summed E-state index contributed by atoms with van der Waals surface area (Å²) in [6, 6.07) is 0.0268. The van der Waals surface area contributed by atoms with Crippen LogP contribution in [0.1, 0.15) is 20.3 Å². The smallest absolute Gasteiger partial charge is 0.236 e. The fourth-order valence-corrected chi connectivity index (χ4v) is 1.18. The van der Waals surface area contributed by atoms with Gasteiger partial charge in [-0.2, -0.15) is 0 Å². The molecule has 0 bridgehead atoms. The van der Waals surface area contributed by atoms with Crippen molar-refractivity contribution in [1.82, 2.24) is 10.2 Å². The van der Waals surface area contributed by atoms with Crippen LogP contribution in [0.4, 0.5) is 0 Å². The van der Waals surface area contributed by atoms with Crippen molar-refractivity contribution in [2.75, 3.05) is 27.2 Å². The maximum Gasteiger partial charge on any atom is 0.236 e. The van der Waals surface area contributed by atoms with Crippen LogP contribution in [0.5, 0.6) is 0 Å². The number of hydrogen-bond donors (Lipinski definition) is 2. The average molecular weight is 202 g/mol. The highest BCUT2D eigenvalue weighted by molar-refractivity contribution is 5.77. The van der Waals surface area contributed by atoms with Crippen molar-refractivity contribution >= 4 is 5.91 Å². The third kappa shape index (κ3) is 5.94. The fraction of sp³-hybridized carbons (Fsp3) is 0.900. The first kappa shape index (κ1) is 13.4. The second kappa shape index (κ2) is 6.79. The lowest BCUT2D eigenvalue weighted by Gasteiger charge is -2.19. The van der Waals surface area contributed by atoms with E-state index in [1.807, 2.05) is 0 Å². The van der Waals surface area contributed by atoms with E-state index in [9.17, 15) is 4.79 Å². The SMILES string of the molecule is CC(C)CC(CO)NCC(=O)N(C)C. The van der Waals surface area contributed by atoms with Crippen molar-refractivity contribution in [2.45, 2.75) is 26.3 Å². The summed E-state index contributed by atoms with van der Waals surface area (Å²) in [7, 11) is 3.45. The molecule has 1 atom stereocenters. The summed E-state index contributed by atoms with van der Waals surface area (Å²) in [5.41, 5.74) is 0. The molecule has 2 N–H and O–H groups in total. The van der Waals surface area contributed by atoms with Crippen molar-refractivity contribution < 1.29 is 9.90 Å². The Labute approximate surface area is 86.3 Å². The van der Waals surface area contributed by atoms with Crippen LogP contribution in [0.15, 0.2) is 0 Å². The average Bonchev–Trinajstić information content (AvgIpc) is 2.10. The van der Waals surface area contributed by atoms with Gasteiger partial charge in [-0.15, -0.1) is 0 Å². The van der Waals surface area contributed by atoms with E-state index in [4.69, 9.17) is 5.11 Å². The van der Waals surface area contributed by atoms with Gasteiger partial charge in [-0.3, -0.25) is 4.79 Å². The molecule has 0 aromatic carbocycles. The van der Waals surface area contributed by atoms with E-state index in [2.05, 4.69) is 19.2 Å².